The van der Waals surface area contributed by atoms with E-state index in [1.165, 1.54) is 0 Å². The molecule has 110 valence electrons. The van der Waals surface area contributed by atoms with Gasteiger partial charge in [0.05, 0.1) is 12.0 Å². The van der Waals surface area contributed by atoms with Crippen LogP contribution in [0.4, 0.5) is 0 Å². The SMILES string of the molecule is O=C(O)C(CNCC(O)c1ccccc1)c1ccccc1. The molecule has 4 heteroatoms. The lowest BCUT2D eigenvalue weighted by molar-refractivity contribution is -0.138. The largest absolute Gasteiger partial charge is 0.481 e. The molecule has 2 aromatic rings. The van der Waals surface area contributed by atoms with Crippen molar-refractivity contribution in [2.75, 3.05) is 13.1 Å². The van der Waals surface area contributed by atoms with Gasteiger partial charge in [-0.15, -0.1) is 0 Å². The number of rotatable bonds is 7. The van der Waals surface area contributed by atoms with Gasteiger partial charge in [0, 0.05) is 13.1 Å². The summed E-state index contributed by atoms with van der Waals surface area (Å²) in [5.41, 5.74) is 1.57. The molecule has 2 aromatic carbocycles. The Hall–Kier alpha value is -2.17. The van der Waals surface area contributed by atoms with E-state index in [1.54, 1.807) is 12.1 Å². The first kappa shape index (κ1) is 15.2. The molecule has 21 heavy (non-hydrogen) atoms. The van der Waals surface area contributed by atoms with E-state index in [2.05, 4.69) is 5.32 Å². The van der Waals surface area contributed by atoms with Gasteiger partial charge in [-0.25, -0.2) is 0 Å². The van der Waals surface area contributed by atoms with Crippen LogP contribution < -0.4 is 5.32 Å². The lowest BCUT2D eigenvalue weighted by Crippen LogP contribution is -2.30. The molecular formula is C17H19NO3. The minimum absolute atomic E-state index is 0.281. The van der Waals surface area contributed by atoms with Gasteiger partial charge in [-0.2, -0.15) is 0 Å². The summed E-state index contributed by atoms with van der Waals surface area (Å²) in [7, 11) is 0. The highest BCUT2D eigenvalue weighted by atomic mass is 16.4. The van der Waals surface area contributed by atoms with Crippen molar-refractivity contribution in [1.82, 2.24) is 5.32 Å². The van der Waals surface area contributed by atoms with Gasteiger partial charge in [-0.05, 0) is 11.1 Å². The molecule has 0 saturated carbocycles. The number of aliphatic carboxylic acids is 1. The molecule has 0 aliphatic carbocycles. The highest BCUT2D eigenvalue weighted by molar-refractivity contribution is 5.76. The van der Waals surface area contributed by atoms with E-state index >= 15 is 0 Å². The molecule has 0 aliphatic heterocycles. The van der Waals surface area contributed by atoms with Gasteiger partial charge in [0.15, 0.2) is 0 Å². The Morgan fingerprint density at radius 1 is 0.905 bits per heavy atom. The van der Waals surface area contributed by atoms with Crippen molar-refractivity contribution in [2.45, 2.75) is 12.0 Å². The molecule has 4 nitrogen and oxygen atoms in total. The Morgan fingerprint density at radius 2 is 1.43 bits per heavy atom. The zero-order valence-electron chi connectivity index (χ0n) is 11.6. The van der Waals surface area contributed by atoms with Crippen LogP contribution in [0.15, 0.2) is 60.7 Å². The van der Waals surface area contributed by atoms with E-state index in [0.717, 1.165) is 11.1 Å². The van der Waals surface area contributed by atoms with Crippen molar-refractivity contribution in [2.24, 2.45) is 0 Å². The van der Waals surface area contributed by atoms with Crippen LogP contribution in [0.3, 0.4) is 0 Å². The van der Waals surface area contributed by atoms with E-state index in [0.29, 0.717) is 6.54 Å². The van der Waals surface area contributed by atoms with E-state index in [4.69, 9.17) is 0 Å². The summed E-state index contributed by atoms with van der Waals surface area (Å²) < 4.78 is 0. The number of aliphatic hydroxyl groups excluding tert-OH is 1. The normalized spacial score (nSPS) is 13.6. The molecular weight excluding hydrogens is 266 g/mol. The predicted octanol–water partition coefficient (Wildman–Crippen LogP) is 2.18. The van der Waals surface area contributed by atoms with Gasteiger partial charge in [-0.1, -0.05) is 60.7 Å². The lowest BCUT2D eigenvalue weighted by Gasteiger charge is -2.16. The average Bonchev–Trinajstić information content (AvgIpc) is 2.52. The predicted molar refractivity (Wildman–Crippen MR) is 81.1 cm³/mol. The third-order valence-corrected chi connectivity index (χ3v) is 3.37. The number of carboxylic acids is 1. The minimum Gasteiger partial charge on any atom is -0.481 e. The molecule has 0 aromatic heterocycles. The van der Waals surface area contributed by atoms with Crippen LogP contribution in [0.25, 0.3) is 0 Å². The van der Waals surface area contributed by atoms with Gasteiger partial charge >= 0.3 is 5.97 Å². The van der Waals surface area contributed by atoms with Crippen molar-refractivity contribution < 1.29 is 15.0 Å². The van der Waals surface area contributed by atoms with E-state index < -0.39 is 18.0 Å². The summed E-state index contributed by atoms with van der Waals surface area (Å²) in [4.78, 5) is 11.3. The quantitative estimate of drug-likeness (QED) is 0.729. The lowest BCUT2D eigenvalue weighted by atomic mass is 9.99. The fourth-order valence-corrected chi connectivity index (χ4v) is 2.19. The molecule has 0 radical (unpaired) electrons. The van der Waals surface area contributed by atoms with Crippen LogP contribution in [-0.4, -0.2) is 29.3 Å². The maximum atomic E-state index is 11.3. The van der Waals surface area contributed by atoms with Crippen molar-refractivity contribution in [3.63, 3.8) is 0 Å². The Balaban J connectivity index is 1.90. The van der Waals surface area contributed by atoms with E-state index in [9.17, 15) is 15.0 Å². The second kappa shape index (κ2) is 7.57. The summed E-state index contributed by atoms with van der Waals surface area (Å²) in [5, 5.41) is 22.4. The molecule has 0 amide bonds. The Morgan fingerprint density at radius 3 is 1.95 bits per heavy atom. The third-order valence-electron chi connectivity index (χ3n) is 3.37. The van der Waals surface area contributed by atoms with Crippen LogP contribution >= 0.6 is 0 Å². The van der Waals surface area contributed by atoms with Crippen LogP contribution in [0.5, 0.6) is 0 Å². The average molecular weight is 285 g/mol. The first-order chi connectivity index (χ1) is 10.2. The van der Waals surface area contributed by atoms with Crippen molar-refractivity contribution in [3.05, 3.63) is 71.8 Å². The molecule has 0 bridgehead atoms. The summed E-state index contributed by atoms with van der Waals surface area (Å²) in [6, 6.07) is 18.4. The number of aliphatic hydroxyl groups is 1. The standard InChI is InChI=1S/C17H19NO3/c19-16(14-9-5-2-6-10-14)12-18-11-15(17(20)21)13-7-3-1-4-8-13/h1-10,15-16,18-19H,11-12H2,(H,20,21). The molecule has 0 saturated heterocycles. The maximum absolute atomic E-state index is 11.3. The summed E-state index contributed by atoms with van der Waals surface area (Å²) in [5.74, 6) is -1.49. The molecule has 2 rings (SSSR count). The van der Waals surface area contributed by atoms with E-state index in [-0.39, 0.29) is 6.54 Å². The van der Waals surface area contributed by atoms with Crippen LogP contribution in [0, 0.1) is 0 Å². The molecule has 3 N–H and O–H groups in total. The van der Waals surface area contributed by atoms with Gasteiger partial charge in [0.25, 0.3) is 0 Å². The van der Waals surface area contributed by atoms with Gasteiger partial charge in [-0.3, -0.25) is 4.79 Å². The van der Waals surface area contributed by atoms with Crippen LogP contribution in [-0.2, 0) is 4.79 Å². The second-order valence-corrected chi connectivity index (χ2v) is 4.89. The summed E-state index contributed by atoms with van der Waals surface area (Å²) >= 11 is 0. The number of hydrogen-bond donors (Lipinski definition) is 3. The number of nitrogens with one attached hydrogen (secondary N) is 1. The maximum Gasteiger partial charge on any atom is 0.312 e. The van der Waals surface area contributed by atoms with Gasteiger partial charge in [0.2, 0.25) is 0 Å². The van der Waals surface area contributed by atoms with Gasteiger partial charge < -0.3 is 15.5 Å². The fourth-order valence-electron chi connectivity index (χ4n) is 2.19. The minimum atomic E-state index is -0.872. The smallest absolute Gasteiger partial charge is 0.312 e. The topological polar surface area (TPSA) is 69.6 Å². The second-order valence-electron chi connectivity index (χ2n) is 4.89. The van der Waals surface area contributed by atoms with Crippen LogP contribution in [0.2, 0.25) is 0 Å². The molecule has 0 heterocycles. The molecule has 0 aliphatic rings. The molecule has 2 unspecified atom stereocenters. The monoisotopic (exact) mass is 285 g/mol. The molecule has 2 atom stereocenters. The van der Waals surface area contributed by atoms with Crippen molar-refractivity contribution in [1.29, 1.82) is 0 Å². The summed E-state index contributed by atoms with van der Waals surface area (Å²) in [6.45, 7) is 0.601. The Labute approximate surface area is 124 Å². The first-order valence-corrected chi connectivity index (χ1v) is 6.90. The fraction of sp³-hybridized carbons (Fsp3) is 0.235. The first-order valence-electron chi connectivity index (χ1n) is 6.90. The molecule has 0 fully saturated rings. The third kappa shape index (κ3) is 4.41. The number of carbonyl (C=O) groups is 1. The number of benzene rings is 2. The highest BCUT2D eigenvalue weighted by Crippen LogP contribution is 2.16. The Bertz CT molecular complexity index is 557. The van der Waals surface area contributed by atoms with Crippen molar-refractivity contribution >= 4 is 5.97 Å². The van der Waals surface area contributed by atoms with Crippen LogP contribution in [0.1, 0.15) is 23.1 Å². The number of carboxylic acid groups (broad SMARTS) is 1. The zero-order valence-corrected chi connectivity index (χ0v) is 11.6. The van der Waals surface area contributed by atoms with Gasteiger partial charge in [0.1, 0.15) is 0 Å². The Kier molecular flexibility index (Phi) is 5.49. The molecule has 0 spiro atoms. The van der Waals surface area contributed by atoms with E-state index in [1.807, 2.05) is 48.5 Å². The zero-order chi connectivity index (χ0) is 15.1. The van der Waals surface area contributed by atoms with Crippen molar-refractivity contribution in [3.8, 4) is 0 Å². The summed E-state index contributed by atoms with van der Waals surface area (Å²) in [6.07, 6.45) is -0.642. The highest BCUT2D eigenvalue weighted by Gasteiger charge is 2.19. The number of hydrogen-bond acceptors (Lipinski definition) is 3.